The molecule has 0 aliphatic heterocycles. The predicted molar refractivity (Wildman–Crippen MR) is 87.3 cm³/mol. The number of nitrogens with zero attached hydrogens (tertiary/aromatic N) is 3. The molecule has 1 heterocycles. The minimum Gasteiger partial charge on any atom is -0.246 e. The van der Waals surface area contributed by atoms with Gasteiger partial charge in [-0.15, -0.1) is 5.10 Å². The minimum atomic E-state index is -1.89. The Morgan fingerprint density at radius 1 is 1.05 bits per heavy atom. The van der Waals surface area contributed by atoms with E-state index in [0.29, 0.717) is 17.9 Å². The molecule has 0 fully saturated rings. The van der Waals surface area contributed by atoms with Crippen LogP contribution < -0.4 is 0 Å². The largest absolute Gasteiger partial charge is 0.246 e. The van der Waals surface area contributed by atoms with E-state index in [0.717, 1.165) is 12.8 Å². The SMILES string of the molecule is CCCCn1nnc(C(C)(C)C)c1C(Cl)(Cl)C(Cl)(Cl)Cl. The van der Waals surface area contributed by atoms with E-state index in [2.05, 4.69) is 17.2 Å². The van der Waals surface area contributed by atoms with Crippen LogP contribution in [0.5, 0.6) is 0 Å². The molecule has 0 N–H and O–H groups in total. The average Bonchev–Trinajstić information content (AvgIpc) is 2.68. The second-order valence-corrected chi connectivity index (χ2v) is 9.29. The van der Waals surface area contributed by atoms with Gasteiger partial charge in [-0.3, -0.25) is 0 Å². The van der Waals surface area contributed by atoms with E-state index in [9.17, 15) is 0 Å². The van der Waals surface area contributed by atoms with Crippen molar-refractivity contribution in [2.45, 2.75) is 60.6 Å². The quantitative estimate of drug-likeness (QED) is 0.656. The molecule has 8 heteroatoms. The number of rotatable bonds is 4. The number of halogens is 5. The van der Waals surface area contributed by atoms with E-state index >= 15 is 0 Å². The van der Waals surface area contributed by atoms with Crippen LogP contribution in [-0.4, -0.2) is 18.8 Å². The second kappa shape index (κ2) is 6.37. The van der Waals surface area contributed by atoms with Crippen LogP contribution in [0.25, 0.3) is 0 Å². The second-order valence-electron chi connectivity index (χ2n) is 5.69. The van der Waals surface area contributed by atoms with Gasteiger partial charge in [0.15, 0.2) is 0 Å². The number of aryl methyl sites for hydroxylation is 1. The molecular weight excluding hydrogens is 363 g/mol. The Morgan fingerprint density at radius 2 is 1.60 bits per heavy atom. The van der Waals surface area contributed by atoms with Crippen LogP contribution in [0.2, 0.25) is 0 Å². The van der Waals surface area contributed by atoms with E-state index in [4.69, 9.17) is 58.0 Å². The maximum atomic E-state index is 6.34. The van der Waals surface area contributed by atoms with Crippen LogP contribution in [0.15, 0.2) is 0 Å². The third kappa shape index (κ3) is 3.86. The summed E-state index contributed by atoms with van der Waals surface area (Å²) in [6.45, 7) is 8.63. The number of hydrogen-bond donors (Lipinski definition) is 0. The van der Waals surface area contributed by atoms with E-state index in [1.807, 2.05) is 20.8 Å². The van der Waals surface area contributed by atoms with Gasteiger partial charge in [-0.1, -0.05) is 97.3 Å². The lowest BCUT2D eigenvalue weighted by Gasteiger charge is -2.30. The van der Waals surface area contributed by atoms with Gasteiger partial charge in [0, 0.05) is 12.0 Å². The average molecular weight is 382 g/mol. The van der Waals surface area contributed by atoms with Gasteiger partial charge in [0.05, 0.1) is 5.69 Å². The van der Waals surface area contributed by atoms with Gasteiger partial charge < -0.3 is 0 Å². The summed E-state index contributed by atoms with van der Waals surface area (Å²) in [5.74, 6) is 0. The zero-order chi connectivity index (χ0) is 15.8. The summed E-state index contributed by atoms with van der Waals surface area (Å²) in [5, 5.41) is 8.31. The number of alkyl halides is 5. The molecule has 0 aliphatic rings. The number of aromatic nitrogens is 3. The van der Waals surface area contributed by atoms with Crippen LogP contribution in [0, 0.1) is 0 Å². The molecule has 20 heavy (non-hydrogen) atoms. The molecule has 0 saturated carbocycles. The summed E-state index contributed by atoms with van der Waals surface area (Å²) in [7, 11) is 0. The van der Waals surface area contributed by atoms with Crippen LogP contribution >= 0.6 is 58.0 Å². The fraction of sp³-hybridized carbons (Fsp3) is 0.833. The van der Waals surface area contributed by atoms with Crippen molar-refractivity contribution >= 4 is 58.0 Å². The Morgan fingerprint density at radius 3 is 2.00 bits per heavy atom. The summed E-state index contributed by atoms with van der Waals surface area (Å²) in [4.78, 5) is 0. The van der Waals surface area contributed by atoms with Crippen molar-refractivity contribution in [3.05, 3.63) is 11.4 Å². The van der Waals surface area contributed by atoms with Crippen molar-refractivity contribution in [3.63, 3.8) is 0 Å². The van der Waals surface area contributed by atoms with Gasteiger partial charge in [0.1, 0.15) is 5.69 Å². The van der Waals surface area contributed by atoms with Crippen LogP contribution in [0.1, 0.15) is 51.9 Å². The molecule has 0 amide bonds. The molecule has 1 aromatic rings. The molecule has 0 radical (unpaired) electrons. The third-order valence-electron chi connectivity index (χ3n) is 2.82. The van der Waals surface area contributed by atoms with E-state index < -0.39 is 8.13 Å². The summed E-state index contributed by atoms with van der Waals surface area (Å²) >= 11 is 30.5. The lowest BCUT2D eigenvalue weighted by molar-refractivity contribution is 0.519. The summed E-state index contributed by atoms with van der Waals surface area (Å²) in [6.07, 6.45) is 1.90. The fourth-order valence-electron chi connectivity index (χ4n) is 1.73. The molecule has 1 aromatic heterocycles. The predicted octanol–water partition coefficient (Wildman–Crippen LogP) is 5.38. The molecule has 1 rings (SSSR count). The highest BCUT2D eigenvalue weighted by molar-refractivity contribution is 6.75. The molecule has 0 atom stereocenters. The highest BCUT2D eigenvalue weighted by Crippen LogP contribution is 2.54. The molecule has 116 valence electrons. The smallest absolute Gasteiger partial charge is 0.228 e. The maximum Gasteiger partial charge on any atom is 0.228 e. The fourth-order valence-corrected chi connectivity index (χ4v) is 2.37. The van der Waals surface area contributed by atoms with Gasteiger partial charge in [0.2, 0.25) is 8.13 Å². The van der Waals surface area contributed by atoms with Crippen molar-refractivity contribution in [1.29, 1.82) is 0 Å². The lowest BCUT2D eigenvalue weighted by atomic mass is 9.90. The van der Waals surface area contributed by atoms with Crippen molar-refractivity contribution < 1.29 is 0 Å². The first kappa shape index (κ1) is 18.6. The molecule has 0 unspecified atom stereocenters. The third-order valence-corrected chi connectivity index (χ3v) is 5.18. The van der Waals surface area contributed by atoms with E-state index in [-0.39, 0.29) is 5.41 Å². The molecular formula is C12H18Cl5N3. The van der Waals surface area contributed by atoms with Crippen LogP contribution in [0.4, 0.5) is 0 Å². The molecule has 0 spiro atoms. The van der Waals surface area contributed by atoms with Crippen LogP contribution in [0.3, 0.4) is 0 Å². The Labute approximate surface area is 144 Å². The summed E-state index contributed by atoms with van der Waals surface area (Å²) < 4.78 is -1.98. The van der Waals surface area contributed by atoms with Gasteiger partial charge in [-0.25, -0.2) is 4.68 Å². The highest BCUT2D eigenvalue weighted by atomic mass is 35.6. The van der Waals surface area contributed by atoms with Crippen molar-refractivity contribution in [1.82, 2.24) is 15.0 Å². The zero-order valence-corrected chi connectivity index (χ0v) is 15.6. The molecule has 0 aromatic carbocycles. The van der Waals surface area contributed by atoms with E-state index in [1.165, 1.54) is 0 Å². The molecule has 0 bridgehead atoms. The Balaban J connectivity index is 3.43. The van der Waals surface area contributed by atoms with Crippen LogP contribution in [-0.2, 0) is 16.3 Å². The normalized spacial score (nSPS) is 13.8. The van der Waals surface area contributed by atoms with Crippen molar-refractivity contribution in [2.24, 2.45) is 0 Å². The van der Waals surface area contributed by atoms with Gasteiger partial charge in [0.25, 0.3) is 0 Å². The lowest BCUT2D eigenvalue weighted by Crippen LogP contribution is -2.34. The van der Waals surface area contributed by atoms with Gasteiger partial charge >= 0.3 is 0 Å². The van der Waals surface area contributed by atoms with Gasteiger partial charge in [-0.05, 0) is 6.42 Å². The Hall–Kier alpha value is 0.590. The highest BCUT2D eigenvalue weighted by Gasteiger charge is 2.52. The summed E-state index contributed by atoms with van der Waals surface area (Å²) in [5.41, 5.74) is 0.761. The topological polar surface area (TPSA) is 30.7 Å². The minimum absolute atomic E-state index is 0.315. The monoisotopic (exact) mass is 379 g/mol. The number of unbranched alkanes of at least 4 members (excludes halogenated alkanes) is 1. The molecule has 0 saturated heterocycles. The first-order chi connectivity index (χ1) is 8.93. The van der Waals surface area contributed by atoms with Crippen molar-refractivity contribution in [2.75, 3.05) is 0 Å². The van der Waals surface area contributed by atoms with Gasteiger partial charge in [-0.2, -0.15) is 0 Å². The molecule has 0 aliphatic carbocycles. The summed E-state index contributed by atoms with van der Waals surface area (Å²) in [6, 6.07) is 0. The Bertz CT molecular complexity index is 457. The first-order valence-corrected chi connectivity index (χ1v) is 8.21. The van der Waals surface area contributed by atoms with Crippen molar-refractivity contribution in [3.8, 4) is 0 Å². The molecule has 3 nitrogen and oxygen atoms in total. The first-order valence-electron chi connectivity index (χ1n) is 6.32. The van der Waals surface area contributed by atoms with E-state index in [1.54, 1.807) is 4.68 Å². The number of hydrogen-bond acceptors (Lipinski definition) is 2. The Kier molecular flexibility index (Phi) is 5.94. The maximum absolute atomic E-state index is 6.34. The standard InChI is InChI=1S/C12H18Cl5N3/c1-5-6-7-20-9(11(13,14)12(15,16)17)8(18-19-20)10(2,3)4/h5-7H2,1-4H3. The zero-order valence-electron chi connectivity index (χ0n) is 11.9.